The molecule has 170 valence electrons. The number of fused-ring (bicyclic) bond motifs is 1. The summed E-state index contributed by atoms with van der Waals surface area (Å²) in [6.45, 7) is 5.35. The normalized spacial score (nSPS) is 11.1. The molecule has 33 heavy (non-hydrogen) atoms. The van der Waals surface area contributed by atoms with Gasteiger partial charge in [-0.1, -0.05) is 41.4 Å². The van der Waals surface area contributed by atoms with Crippen molar-refractivity contribution in [2.24, 2.45) is 0 Å². The summed E-state index contributed by atoms with van der Waals surface area (Å²) in [5, 5.41) is 2.05. The number of nitrogens with zero attached hydrogens (tertiary/aromatic N) is 2. The average molecular weight is 485 g/mol. The Hall–Kier alpha value is -3.02. The number of amides is 1. The van der Waals surface area contributed by atoms with Gasteiger partial charge in [0.2, 0.25) is 0 Å². The predicted octanol–water partition coefficient (Wildman–Crippen LogP) is 7.64. The van der Waals surface area contributed by atoms with E-state index in [0.29, 0.717) is 35.4 Å². The van der Waals surface area contributed by atoms with Crippen molar-refractivity contribution < 1.29 is 13.9 Å². The maximum absolute atomic E-state index is 13.6. The van der Waals surface area contributed by atoms with Crippen molar-refractivity contribution >= 4 is 40.2 Å². The lowest BCUT2D eigenvalue weighted by Crippen LogP contribution is -2.33. The van der Waals surface area contributed by atoms with Crippen LogP contribution < -0.4 is 4.74 Å². The van der Waals surface area contributed by atoms with Gasteiger partial charge in [0.05, 0.1) is 6.54 Å². The minimum Gasteiger partial charge on any atom is -0.410 e. The summed E-state index contributed by atoms with van der Waals surface area (Å²) in [5.74, 6) is 0.0816. The van der Waals surface area contributed by atoms with E-state index in [1.807, 2.05) is 54.9 Å². The lowest BCUT2D eigenvalue weighted by Gasteiger charge is -2.20. The van der Waals surface area contributed by atoms with Crippen molar-refractivity contribution in [2.45, 2.75) is 20.4 Å². The Kier molecular flexibility index (Phi) is 6.91. The highest BCUT2D eigenvalue weighted by Crippen LogP contribution is 2.39. The summed E-state index contributed by atoms with van der Waals surface area (Å²) < 4.78 is 21.4. The molecular weight excluding hydrogens is 462 g/mol. The van der Waals surface area contributed by atoms with E-state index in [1.54, 1.807) is 23.1 Å². The Labute approximate surface area is 202 Å². The SMILES string of the molecule is CCN(CC)C(=O)Oc1ccc2c(ccn2Cc2c(Cl)cccc2Cl)c1-c1ccc(F)cc1. The maximum Gasteiger partial charge on any atom is 0.415 e. The third-order valence-corrected chi connectivity index (χ3v) is 6.37. The minimum atomic E-state index is -0.426. The number of carbonyl (C=O) groups excluding carboxylic acids is 1. The summed E-state index contributed by atoms with van der Waals surface area (Å²) >= 11 is 12.8. The van der Waals surface area contributed by atoms with Crippen molar-refractivity contribution in [3.63, 3.8) is 0 Å². The zero-order valence-corrected chi connectivity index (χ0v) is 19.8. The first-order valence-corrected chi connectivity index (χ1v) is 11.5. The fourth-order valence-corrected chi connectivity index (χ4v) is 4.40. The summed E-state index contributed by atoms with van der Waals surface area (Å²) in [4.78, 5) is 14.3. The van der Waals surface area contributed by atoms with E-state index in [4.69, 9.17) is 27.9 Å². The molecule has 0 radical (unpaired) electrons. The van der Waals surface area contributed by atoms with Crippen LogP contribution >= 0.6 is 23.2 Å². The molecule has 0 aliphatic rings. The van der Waals surface area contributed by atoms with Gasteiger partial charge in [-0.15, -0.1) is 0 Å². The first kappa shape index (κ1) is 23.1. The molecule has 0 saturated carbocycles. The van der Waals surface area contributed by atoms with Crippen LogP contribution in [0.25, 0.3) is 22.0 Å². The summed E-state index contributed by atoms with van der Waals surface area (Å²) in [7, 11) is 0. The van der Waals surface area contributed by atoms with Gasteiger partial charge < -0.3 is 14.2 Å². The van der Waals surface area contributed by atoms with Gasteiger partial charge in [0.1, 0.15) is 11.6 Å². The van der Waals surface area contributed by atoms with Crippen LogP contribution in [0.15, 0.2) is 66.9 Å². The third-order valence-electron chi connectivity index (χ3n) is 5.66. The zero-order valence-electron chi connectivity index (χ0n) is 18.3. The Morgan fingerprint density at radius 2 is 1.64 bits per heavy atom. The number of hydrogen-bond acceptors (Lipinski definition) is 2. The largest absolute Gasteiger partial charge is 0.415 e. The third kappa shape index (κ3) is 4.70. The fourth-order valence-electron chi connectivity index (χ4n) is 3.88. The van der Waals surface area contributed by atoms with Gasteiger partial charge in [-0.25, -0.2) is 9.18 Å². The molecule has 0 bridgehead atoms. The van der Waals surface area contributed by atoms with Crippen LogP contribution in [0.3, 0.4) is 0 Å². The van der Waals surface area contributed by atoms with E-state index in [-0.39, 0.29) is 5.82 Å². The van der Waals surface area contributed by atoms with Crippen molar-refractivity contribution in [1.29, 1.82) is 0 Å². The van der Waals surface area contributed by atoms with E-state index < -0.39 is 6.09 Å². The van der Waals surface area contributed by atoms with Crippen LogP contribution in [0.1, 0.15) is 19.4 Å². The molecular formula is C26H23Cl2FN2O2. The second-order valence-corrected chi connectivity index (χ2v) is 8.38. The topological polar surface area (TPSA) is 34.5 Å². The molecule has 0 aliphatic carbocycles. The van der Waals surface area contributed by atoms with Gasteiger partial charge in [-0.05, 0) is 61.9 Å². The molecule has 1 amide bonds. The first-order valence-electron chi connectivity index (χ1n) is 10.7. The fraction of sp³-hybridized carbons (Fsp3) is 0.192. The summed E-state index contributed by atoms with van der Waals surface area (Å²) in [6.07, 6.45) is 1.51. The van der Waals surface area contributed by atoms with Crippen LogP contribution in [0.5, 0.6) is 5.75 Å². The Morgan fingerprint density at radius 1 is 0.970 bits per heavy atom. The molecule has 1 heterocycles. The lowest BCUT2D eigenvalue weighted by atomic mass is 10.0. The summed E-state index contributed by atoms with van der Waals surface area (Å²) in [6, 6.07) is 17.2. The standard InChI is InChI=1S/C26H23Cl2FN2O2/c1-3-30(4-2)26(32)33-24-13-12-23-19(25(24)17-8-10-18(29)11-9-17)14-15-31(23)16-20-21(27)6-5-7-22(20)28/h5-15H,3-4,16H2,1-2H3. The molecule has 3 aromatic carbocycles. The van der Waals surface area contributed by atoms with Gasteiger partial charge >= 0.3 is 6.09 Å². The second kappa shape index (κ2) is 9.86. The van der Waals surface area contributed by atoms with Crippen LogP contribution in [-0.4, -0.2) is 28.6 Å². The van der Waals surface area contributed by atoms with Crippen LogP contribution in [0.2, 0.25) is 10.0 Å². The van der Waals surface area contributed by atoms with E-state index in [1.165, 1.54) is 12.1 Å². The Morgan fingerprint density at radius 3 is 2.27 bits per heavy atom. The maximum atomic E-state index is 13.6. The van der Waals surface area contributed by atoms with E-state index >= 15 is 0 Å². The highest BCUT2D eigenvalue weighted by molar-refractivity contribution is 6.36. The number of carbonyl (C=O) groups is 1. The van der Waals surface area contributed by atoms with Crippen LogP contribution in [-0.2, 0) is 6.54 Å². The average Bonchev–Trinajstić information content (AvgIpc) is 3.20. The number of halogens is 3. The predicted molar refractivity (Wildman–Crippen MR) is 132 cm³/mol. The molecule has 0 atom stereocenters. The number of ether oxygens (including phenoxy) is 1. The summed E-state index contributed by atoms with van der Waals surface area (Å²) in [5.41, 5.74) is 3.20. The van der Waals surface area contributed by atoms with Crippen molar-refractivity contribution in [3.05, 3.63) is 88.3 Å². The smallest absolute Gasteiger partial charge is 0.410 e. The van der Waals surface area contributed by atoms with Crippen molar-refractivity contribution in [1.82, 2.24) is 9.47 Å². The van der Waals surface area contributed by atoms with Gasteiger partial charge in [-0.2, -0.15) is 0 Å². The minimum absolute atomic E-state index is 0.335. The second-order valence-electron chi connectivity index (χ2n) is 7.56. The molecule has 7 heteroatoms. The van der Waals surface area contributed by atoms with Gasteiger partial charge in [0.15, 0.2) is 0 Å². The van der Waals surface area contributed by atoms with E-state index in [0.717, 1.165) is 27.6 Å². The van der Waals surface area contributed by atoms with Gasteiger partial charge in [-0.3, -0.25) is 0 Å². The molecule has 0 unspecified atom stereocenters. The quantitative estimate of drug-likeness (QED) is 0.281. The van der Waals surface area contributed by atoms with Crippen molar-refractivity contribution in [2.75, 3.05) is 13.1 Å². The van der Waals surface area contributed by atoms with Gasteiger partial charge in [0.25, 0.3) is 0 Å². The Bertz CT molecular complexity index is 1280. The highest BCUT2D eigenvalue weighted by Gasteiger charge is 2.19. The number of aromatic nitrogens is 1. The monoisotopic (exact) mass is 484 g/mol. The number of benzene rings is 3. The van der Waals surface area contributed by atoms with E-state index in [2.05, 4.69) is 0 Å². The van der Waals surface area contributed by atoms with Crippen molar-refractivity contribution in [3.8, 4) is 16.9 Å². The molecule has 0 N–H and O–H groups in total. The number of rotatable bonds is 6. The molecule has 0 fully saturated rings. The van der Waals surface area contributed by atoms with E-state index in [9.17, 15) is 9.18 Å². The van der Waals surface area contributed by atoms with Gasteiger partial charge in [0, 0.05) is 51.4 Å². The van der Waals surface area contributed by atoms with Crippen LogP contribution in [0, 0.1) is 5.82 Å². The molecule has 4 rings (SSSR count). The lowest BCUT2D eigenvalue weighted by molar-refractivity contribution is 0.157. The van der Waals surface area contributed by atoms with Crippen LogP contribution in [0.4, 0.5) is 9.18 Å². The Balaban J connectivity index is 1.83. The molecule has 0 spiro atoms. The first-order chi connectivity index (χ1) is 15.9. The molecule has 1 aromatic heterocycles. The molecule has 0 saturated heterocycles. The zero-order chi connectivity index (χ0) is 23.5. The highest BCUT2D eigenvalue weighted by atomic mass is 35.5. The molecule has 0 aliphatic heterocycles. The molecule has 4 nitrogen and oxygen atoms in total. The molecule has 4 aromatic rings. The number of hydrogen-bond donors (Lipinski definition) is 0.